The van der Waals surface area contributed by atoms with Crippen molar-refractivity contribution in [3.05, 3.63) is 12.7 Å². The lowest BCUT2D eigenvalue weighted by molar-refractivity contribution is -0.0897. The van der Waals surface area contributed by atoms with Gasteiger partial charge < -0.3 is 10.1 Å². The molecule has 0 radical (unpaired) electrons. The molecule has 0 saturated carbocycles. The molecule has 16 heavy (non-hydrogen) atoms. The van der Waals surface area contributed by atoms with Crippen molar-refractivity contribution in [3.8, 4) is 0 Å². The van der Waals surface area contributed by atoms with Crippen LogP contribution in [0.2, 0.25) is 0 Å². The Morgan fingerprint density at radius 1 is 1.50 bits per heavy atom. The van der Waals surface area contributed by atoms with E-state index < -0.39 is 0 Å². The van der Waals surface area contributed by atoms with Gasteiger partial charge in [0, 0.05) is 12.6 Å². The summed E-state index contributed by atoms with van der Waals surface area (Å²) >= 11 is 0. The summed E-state index contributed by atoms with van der Waals surface area (Å²) in [5.41, 5.74) is 0.0381. The highest BCUT2D eigenvalue weighted by atomic mass is 16.5. The van der Waals surface area contributed by atoms with Gasteiger partial charge in [-0.15, -0.1) is 6.58 Å². The Hall–Kier alpha value is -0.340. The molecule has 94 valence electrons. The van der Waals surface area contributed by atoms with Crippen LogP contribution in [0, 0.1) is 0 Å². The van der Waals surface area contributed by atoms with Crippen molar-refractivity contribution < 1.29 is 4.74 Å². The molecule has 0 aromatic rings. The number of rotatable bonds is 7. The van der Waals surface area contributed by atoms with Gasteiger partial charge >= 0.3 is 0 Å². The van der Waals surface area contributed by atoms with Gasteiger partial charge in [0.15, 0.2) is 0 Å². The van der Waals surface area contributed by atoms with E-state index in [4.69, 9.17) is 4.74 Å². The topological polar surface area (TPSA) is 21.3 Å². The first kappa shape index (κ1) is 13.7. The minimum absolute atomic E-state index is 0.0381. The fourth-order valence-corrected chi connectivity index (χ4v) is 2.46. The molecule has 2 atom stereocenters. The van der Waals surface area contributed by atoms with Gasteiger partial charge in [-0.25, -0.2) is 0 Å². The zero-order chi connectivity index (χ0) is 11.9. The quantitative estimate of drug-likeness (QED) is 0.671. The van der Waals surface area contributed by atoms with Crippen molar-refractivity contribution >= 4 is 0 Å². The fraction of sp³-hybridized carbons (Fsp3) is 0.857. The van der Waals surface area contributed by atoms with E-state index in [2.05, 4.69) is 25.7 Å². The highest BCUT2D eigenvalue weighted by Crippen LogP contribution is 2.30. The van der Waals surface area contributed by atoms with Crippen LogP contribution in [0.5, 0.6) is 0 Å². The zero-order valence-corrected chi connectivity index (χ0v) is 10.9. The Balaban J connectivity index is 2.53. The van der Waals surface area contributed by atoms with Crippen LogP contribution in [0.15, 0.2) is 12.7 Å². The van der Waals surface area contributed by atoms with Gasteiger partial charge in [0.25, 0.3) is 0 Å². The third-order valence-corrected chi connectivity index (χ3v) is 3.54. The second kappa shape index (κ2) is 7.08. The van der Waals surface area contributed by atoms with Gasteiger partial charge in [-0.1, -0.05) is 13.0 Å². The number of hydrogen-bond acceptors (Lipinski definition) is 2. The standard InChI is InChI=1S/C14H27NO/c1-4-6-9-13(15-11-5-2)14(3)10-7-8-12-16-14/h4,13,15H,1,5-12H2,2-3H3. The molecule has 0 aromatic carbocycles. The summed E-state index contributed by atoms with van der Waals surface area (Å²) < 4.78 is 6.02. The minimum atomic E-state index is 0.0381. The van der Waals surface area contributed by atoms with Gasteiger partial charge in [-0.2, -0.15) is 0 Å². The molecule has 0 bridgehead atoms. The second-order valence-electron chi connectivity index (χ2n) is 4.99. The van der Waals surface area contributed by atoms with Gasteiger partial charge in [0.1, 0.15) is 0 Å². The summed E-state index contributed by atoms with van der Waals surface area (Å²) in [4.78, 5) is 0. The Kier molecular flexibility index (Phi) is 6.07. The van der Waals surface area contributed by atoms with E-state index in [1.54, 1.807) is 0 Å². The predicted octanol–water partition coefficient (Wildman–Crippen LogP) is 3.28. The van der Waals surface area contributed by atoms with E-state index >= 15 is 0 Å². The maximum atomic E-state index is 6.02. The lowest BCUT2D eigenvalue weighted by Gasteiger charge is -2.41. The number of ether oxygens (including phenoxy) is 1. The van der Waals surface area contributed by atoms with E-state index in [1.807, 2.05) is 6.08 Å². The summed E-state index contributed by atoms with van der Waals surface area (Å²) in [5.74, 6) is 0. The average Bonchev–Trinajstić information content (AvgIpc) is 2.30. The summed E-state index contributed by atoms with van der Waals surface area (Å²) in [7, 11) is 0. The molecular weight excluding hydrogens is 198 g/mol. The van der Waals surface area contributed by atoms with E-state index in [9.17, 15) is 0 Å². The predicted molar refractivity (Wildman–Crippen MR) is 69.7 cm³/mol. The maximum absolute atomic E-state index is 6.02. The fourth-order valence-electron chi connectivity index (χ4n) is 2.46. The van der Waals surface area contributed by atoms with Crippen LogP contribution in [0.25, 0.3) is 0 Å². The Labute approximate surface area is 100 Å². The van der Waals surface area contributed by atoms with Gasteiger partial charge in [-0.3, -0.25) is 0 Å². The first-order valence-electron chi connectivity index (χ1n) is 6.71. The summed E-state index contributed by atoms with van der Waals surface area (Å²) in [6.45, 7) is 10.3. The number of hydrogen-bond donors (Lipinski definition) is 1. The molecular formula is C14H27NO. The van der Waals surface area contributed by atoms with Crippen molar-refractivity contribution in [3.63, 3.8) is 0 Å². The molecule has 1 fully saturated rings. The average molecular weight is 225 g/mol. The summed E-state index contributed by atoms with van der Waals surface area (Å²) in [6.07, 6.45) is 9.10. The van der Waals surface area contributed by atoms with Crippen LogP contribution in [0.1, 0.15) is 52.4 Å². The lowest BCUT2D eigenvalue weighted by atomic mass is 9.85. The van der Waals surface area contributed by atoms with Crippen molar-refractivity contribution in [2.75, 3.05) is 13.2 Å². The Bertz CT molecular complexity index is 197. The van der Waals surface area contributed by atoms with Crippen LogP contribution in [0.3, 0.4) is 0 Å². The molecule has 0 aliphatic carbocycles. The van der Waals surface area contributed by atoms with Crippen LogP contribution in [0.4, 0.5) is 0 Å². The molecule has 2 unspecified atom stereocenters. The van der Waals surface area contributed by atoms with E-state index in [-0.39, 0.29) is 5.60 Å². The molecule has 0 aromatic heterocycles. The van der Waals surface area contributed by atoms with Crippen LogP contribution >= 0.6 is 0 Å². The second-order valence-corrected chi connectivity index (χ2v) is 4.99. The van der Waals surface area contributed by atoms with Crippen molar-refractivity contribution in [2.45, 2.75) is 64.0 Å². The first-order chi connectivity index (χ1) is 7.73. The molecule has 1 aliphatic rings. The van der Waals surface area contributed by atoms with Crippen molar-refractivity contribution in [1.29, 1.82) is 0 Å². The number of allylic oxidation sites excluding steroid dienone is 1. The van der Waals surface area contributed by atoms with Crippen LogP contribution < -0.4 is 5.32 Å². The maximum Gasteiger partial charge on any atom is 0.0806 e. The smallest absolute Gasteiger partial charge is 0.0806 e. The number of nitrogens with one attached hydrogen (secondary N) is 1. The molecule has 1 aliphatic heterocycles. The minimum Gasteiger partial charge on any atom is -0.374 e. The van der Waals surface area contributed by atoms with Crippen molar-refractivity contribution in [1.82, 2.24) is 5.32 Å². The van der Waals surface area contributed by atoms with E-state index in [0.29, 0.717) is 6.04 Å². The SMILES string of the molecule is C=CCCC(NCCC)C1(C)CCCCO1. The normalized spacial score (nSPS) is 27.6. The third-order valence-electron chi connectivity index (χ3n) is 3.54. The Morgan fingerprint density at radius 2 is 2.31 bits per heavy atom. The Morgan fingerprint density at radius 3 is 2.88 bits per heavy atom. The summed E-state index contributed by atoms with van der Waals surface area (Å²) in [6, 6.07) is 0.478. The summed E-state index contributed by atoms with van der Waals surface area (Å²) in [5, 5.41) is 3.64. The van der Waals surface area contributed by atoms with Crippen molar-refractivity contribution in [2.24, 2.45) is 0 Å². The van der Waals surface area contributed by atoms with Crippen LogP contribution in [-0.2, 0) is 4.74 Å². The largest absolute Gasteiger partial charge is 0.374 e. The monoisotopic (exact) mass is 225 g/mol. The molecule has 1 heterocycles. The van der Waals surface area contributed by atoms with E-state index in [1.165, 1.54) is 25.7 Å². The van der Waals surface area contributed by atoms with Gasteiger partial charge in [-0.05, 0) is 52.0 Å². The molecule has 1 rings (SSSR count). The van der Waals surface area contributed by atoms with Gasteiger partial charge in [0.05, 0.1) is 5.60 Å². The lowest BCUT2D eigenvalue weighted by Crippen LogP contribution is -2.52. The molecule has 2 nitrogen and oxygen atoms in total. The molecule has 1 saturated heterocycles. The first-order valence-corrected chi connectivity index (χ1v) is 6.71. The highest BCUT2D eigenvalue weighted by molar-refractivity contribution is 4.92. The molecule has 0 amide bonds. The third kappa shape index (κ3) is 3.91. The van der Waals surface area contributed by atoms with E-state index in [0.717, 1.165) is 26.0 Å². The van der Waals surface area contributed by atoms with Gasteiger partial charge in [0.2, 0.25) is 0 Å². The molecule has 0 spiro atoms. The molecule has 1 N–H and O–H groups in total. The molecule has 2 heteroatoms. The van der Waals surface area contributed by atoms with Crippen LogP contribution in [-0.4, -0.2) is 24.8 Å². The highest BCUT2D eigenvalue weighted by Gasteiger charge is 2.35. The zero-order valence-electron chi connectivity index (χ0n) is 10.9.